The Morgan fingerprint density at radius 3 is 2.94 bits per heavy atom. The third-order valence-corrected chi connectivity index (χ3v) is 2.73. The minimum Gasteiger partial charge on any atom is -0.466 e. The summed E-state index contributed by atoms with van der Waals surface area (Å²) in [5.74, 6) is -0.245. The number of hydrogen-bond acceptors (Lipinski definition) is 5. The van der Waals surface area contributed by atoms with Crippen molar-refractivity contribution in [3.63, 3.8) is 0 Å². The van der Waals surface area contributed by atoms with Crippen LogP contribution in [-0.4, -0.2) is 24.3 Å². The summed E-state index contributed by atoms with van der Waals surface area (Å²) in [4.78, 5) is 11.1. The summed E-state index contributed by atoms with van der Waals surface area (Å²) in [6, 6.07) is 5.35. The van der Waals surface area contributed by atoms with Crippen molar-refractivity contribution >= 4 is 33.3 Å². The summed E-state index contributed by atoms with van der Waals surface area (Å²) in [6.45, 7) is 2.60. The molecule has 0 fully saturated rings. The normalized spacial score (nSPS) is 9.82. The van der Waals surface area contributed by atoms with Crippen LogP contribution < -0.4 is 10.8 Å². The minimum atomic E-state index is -0.245. The lowest BCUT2D eigenvalue weighted by Crippen LogP contribution is -2.12. The topological polar surface area (TPSA) is 70.6 Å². The van der Waals surface area contributed by atoms with Gasteiger partial charge in [-0.05, 0) is 35.0 Å². The smallest absolute Gasteiger partial charge is 0.307 e. The van der Waals surface area contributed by atoms with Crippen LogP contribution in [0.4, 0.5) is 11.4 Å². The minimum absolute atomic E-state index is 0.245. The van der Waals surface area contributed by atoms with Crippen LogP contribution in [0.15, 0.2) is 22.7 Å². The Morgan fingerprint density at radius 2 is 2.29 bits per heavy atom. The predicted molar refractivity (Wildman–Crippen MR) is 69.3 cm³/mol. The van der Waals surface area contributed by atoms with Crippen molar-refractivity contribution in [1.29, 1.82) is 0 Å². The molecule has 0 saturated carbocycles. The summed E-state index contributed by atoms with van der Waals surface area (Å²) in [6.07, 6.45) is 0.278. The molecule has 0 unspecified atom stereocenters. The highest BCUT2D eigenvalue weighted by Gasteiger charge is 2.07. The second kappa shape index (κ2) is 7.13. The van der Waals surface area contributed by atoms with Gasteiger partial charge in [-0.25, -0.2) is 0 Å². The van der Waals surface area contributed by atoms with Crippen molar-refractivity contribution in [1.82, 2.24) is 0 Å². The third kappa shape index (κ3) is 4.24. The fourth-order valence-electron chi connectivity index (χ4n) is 1.32. The van der Waals surface area contributed by atoms with Gasteiger partial charge in [-0.2, -0.15) is 0 Å². The molecule has 6 heteroatoms. The van der Waals surface area contributed by atoms with Gasteiger partial charge in [0.25, 0.3) is 0 Å². The summed E-state index contributed by atoms with van der Waals surface area (Å²) >= 11 is 3.36. The molecular formula is C11H15BrN2O3. The van der Waals surface area contributed by atoms with Gasteiger partial charge < -0.3 is 10.1 Å². The van der Waals surface area contributed by atoms with Gasteiger partial charge in [0.05, 0.1) is 24.4 Å². The van der Waals surface area contributed by atoms with Crippen molar-refractivity contribution in [2.45, 2.75) is 13.3 Å². The quantitative estimate of drug-likeness (QED) is 0.556. The van der Waals surface area contributed by atoms with E-state index in [1.54, 1.807) is 19.1 Å². The lowest BCUT2D eigenvalue weighted by molar-refractivity contribution is -0.142. The van der Waals surface area contributed by atoms with Gasteiger partial charge in [0.1, 0.15) is 0 Å². The maximum atomic E-state index is 11.1. The van der Waals surface area contributed by atoms with Crippen molar-refractivity contribution in [2.24, 2.45) is 0 Å². The zero-order valence-corrected chi connectivity index (χ0v) is 11.1. The van der Waals surface area contributed by atoms with Crippen LogP contribution in [0.25, 0.3) is 0 Å². The van der Waals surface area contributed by atoms with Gasteiger partial charge >= 0.3 is 5.97 Å². The first-order valence-corrected chi connectivity index (χ1v) is 6.06. The Balaban J connectivity index is 2.54. The maximum Gasteiger partial charge on any atom is 0.307 e. The number of benzene rings is 1. The molecule has 1 rings (SSSR count). The van der Waals surface area contributed by atoms with E-state index in [0.29, 0.717) is 24.5 Å². The van der Waals surface area contributed by atoms with E-state index in [1.807, 2.05) is 6.07 Å². The number of carbonyl (C=O) groups is 1. The number of rotatable bonds is 6. The van der Waals surface area contributed by atoms with Gasteiger partial charge in [0, 0.05) is 11.0 Å². The van der Waals surface area contributed by atoms with E-state index in [4.69, 9.17) is 9.94 Å². The molecule has 0 heterocycles. The molecule has 17 heavy (non-hydrogen) atoms. The van der Waals surface area contributed by atoms with Crippen LogP contribution in [0.1, 0.15) is 13.3 Å². The molecule has 0 amide bonds. The number of esters is 1. The average molecular weight is 303 g/mol. The zero-order chi connectivity index (χ0) is 12.7. The molecule has 0 bridgehead atoms. The highest BCUT2D eigenvalue weighted by Crippen LogP contribution is 2.29. The molecule has 0 saturated heterocycles. The van der Waals surface area contributed by atoms with Gasteiger partial charge in [0.15, 0.2) is 0 Å². The van der Waals surface area contributed by atoms with Crippen molar-refractivity contribution in [3.8, 4) is 0 Å². The number of ether oxygens (including phenoxy) is 1. The molecule has 3 N–H and O–H groups in total. The second-order valence-electron chi connectivity index (χ2n) is 3.26. The molecule has 94 valence electrons. The van der Waals surface area contributed by atoms with E-state index >= 15 is 0 Å². The first kappa shape index (κ1) is 13.8. The molecule has 5 nitrogen and oxygen atoms in total. The number of nitrogens with one attached hydrogen (secondary N) is 2. The van der Waals surface area contributed by atoms with Crippen molar-refractivity contribution in [2.75, 3.05) is 23.9 Å². The fraction of sp³-hybridized carbons (Fsp3) is 0.364. The van der Waals surface area contributed by atoms with Crippen LogP contribution in [0.3, 0.4) is 0 Å². The Kier molecular flexibility index (Phi) is 5.79. The molecule has 1 aromatic rings. The van der Waals surface area contributed by atoms with Crippen LogP contribution in [0.2, 0.25) is 0 Å². The van der Waals surface area contributed by atoms with E-state index in [9.17, 15) is 4.79 Å². The molecule has 0 atom stereocenters. The highest BCUT2D eigenvalue weighted by atomic mass is 79.9. The Morgan fingerprint density at radius 1 is 1.53 bits per heavy atom. The molecule has 0 aliphatic heterocycles. The van der Waals surface area contributed by atoms with E-state index in [0.717, 1.165) is 4.47 Å². The Labute approximate surface area is 108 Å². The highest BCUT2D eigenvalue weighted by molar-refractivity contribution is 9.10. The van der Waals surface area contributed by atoms with Gasteiger partial charge in [-0.3, -0.25) is 15.5 Å². The molecule has 0 aliphatic rings. The average Bonchev–Trinajstić information content (AvgIpc) is 2.31. The van der Waals surface area contributed by atoms with Gasteiger partial charge in [-0.1, -0.05) is 6.07 Å². The standard InChI is InChI=1S/C11H15BrN2O3/c1-2-17-10(15)6-7-13-11-8(12)4-3-5-9(11)14-16/h3-5,13-14,16H,2,6-7H2,1H3. The number of halogens is 1. The predicted octanol–water partition coefficient (Wildman–Crippen LogP) is 2.62. The van der Waals surface area contributed by atoms with E-state index in [-0.39, 0.29) is 12.4 Å². The number of carbonyl (C=O) groups excluding carboxylic acids is 1. The molecule has 0 aliphatic carbocycles. The van der Waals surface area contributed by atoms with Crippen LogP contribution in [0, 0.1) is 0 Å². The lowest BCUT2D eigenvalue weighted by atomic mass is 10.2. The largest absolute Gasteiger partial charge is 0.466 e. The summed E-state index contributed by atoms with van der Waals surface area (Å²) in [5.41, 5.74) is 3.34. The lowest BCUT2D eigenvalue weighted by Gasteiger charge is -2.12. The van der Waals surface area contributed by atoms with Gasteiger partial charge in [0.2, 0.25) is 0 Å². The van der Waals surface area contributed by atoms with Crippen molar-refractivity contribution in [3.05, 3.63) is 22.7 Å². The van der Waals surface area contributed by atoms with E-state index in [2.05, 4.69) is 26.7 Å². The molecule has 0 spiro atoms. The first-order valence-electron chi connectivity index (χ1n) is 5.27. The molecule has 0 aromatic heterocycles. The SMILES string of the molecule is CCOC(=O)CCNc1c(Br)cccc1NO. The monoisotopic (exact) mass is 302 g/mol. The summed E-state index contributed by atoms with van der Waals surface area (Å²) in [7, 11) is 0. The van der Waals surface area contributed by atoms with Crippen LogP contribution in [0.5, 0.6) is 0 Å². The Hall–Kier alpha value is -1.27. The number of hydrogen-bond donors (Lipinski definition) is 3. The zero-order valence-electron chi connectivity index (χ0n) is 9.50. The number of para-hydroxylation sites is 1. The number of anilines is 2. The van der Waals surface area contributed by atoms with E-state index in [1.165, 1.54) is 0 Å². The second-order valence-corrected chi connectivity index (χ2v) is 4.11. The first-order chi connectivity index (χ1) is 8.19. The molecule has 1 aromatic carbocycles. The molecule has 0 radical (unpaired) electrons. The summed E-state index contributed by atoms with van der Waals surface area (Å²) in [5, 5.41) is 12.0. The Bertz CT molecular complexity index is 385. The summed E-state index contributed by atoms with van der Waals surface area (Å²) < 4.78 is 5.62. The fourth-order valence-corrected chi connectivity index (χ4v) is 1.83. The third-order valence-electron chi connectivity index (χ3n) is 2.07. The van der Waals surface area contributed by atoms with Crippen molar-refractivity contribution < 1.29 is 14.7 Å². The van der Waals surface area contributed by atoms with E-state index < -0.39 is 0 Å². The van der Waals surface area contributed by atoms with Gasteiger partial charge in [-0.15, -0.1) is 0 Å². The molecular weight excluding hydrogens is 288 g/mol. The van der Waals surface area contributed by atoms with Crippen LogP contribution >= 0.6 is 15.9 Å². The maximum absolute atomic E-state index is 11.1. The van der Waals surface area contributed by atoms with Crippen LogP contribution in [-0.2, 0) is 9.53 Å².